The van der Waals surface area contributed by atoms with E-state index in [2.05, 4.69) is 6.92 Å². The fourth-order valence-electron chi connectivity index (χ4n) is 6.76. The molecule has 6 aromatic carbocycles. The van der Waals surface area contributed by atoms with Gasteiger partial charge in [-0.3, -0.25) is 9.80 Å². The van der Waals surface area contributed by atoms with E-state index in [0.29, 0.717) is 45.9 Å². The van der Waals surface area contributed by atoms with Crippen molar-refractivity contribution in [3.8, 4) is 0 Å². The van der Waals surface area contributed by atoms with E-state index in [-0.39, 0.29) is 74.3 Å². The normalized spacial score (nSPS) is 12.8. The Balaban J connectivity index is -0.00000103. The molecular weight excluding hydrogens is 1010 g/mol. The average molecular weight is 1080 g/mol. The van der Waals surface area contributed by atoms with Crippen molar-refractivity contribution in [3.63, 3.8) is 0 Å². The minimum absolute atomic E-state index is 0. The number of hydrogen-bond donors (Lipinski definition) is 7. The number of aliphatic hydroxyl groups is 7. The van der Waals surface area contributed by atoms with Crippen molar-refractivity contribution in [3.05, 3.63) is 215 Å². The molecule has 6 atom stereocenters. The number of rotatable bonds is 20. The fraction of sp³-hybridized carbons (Fsp3) is 0.308. The van der Waals surface area contributed by atoms with Crippen molar-refractivity contribution < 1.29 is 110 Å². The fourth-order valence-corrected chi connectivity index (χ4v) is 6.76. The zero-order valence-corrected chi connectivity index (χ0v) is 43.1. The Hall–Kier alpha value is -3.43. The summed E-state index contributed by atoms with van der Waals surface area (Å²) in [6, 6.07) is 56.7. The number of aliphatic hydroxyl groups excluding tert-OH is 7. The molecule has 6 aromatic rings. The molecule has 15 heteroatoms. The number of unbranched alkanes of at least 4 members (excludes halogenated alkanes) is 1. The van der Waals surface area contributed by atoms with Gasteiger partial charge in [-0.05, 0) is 39.8 Å². The van der Waals surface area contributed by atoms with Crippen LogP contribution in [0.5, 0.6) is 0 Å². The van der Waals surface area contributed by atoms with Crippen LogP contribution in [0.15, 0.2) is 182 Å². The van der Waals surface area contributed by atoms with E-state index in [4.69, 9.17) is 5.11 Å². The second-order valence-electron chi connectivity index (χ2n) is 15.1. The molecule has 0 radical (unpaired) electrons. The van der Waals surface area contributed by atoms with Crippen molar-refractivity contribution in [2.75, 3.05) is 45.9 Å². The van der Waals surface area contributed by atoms with Gasteiger partial charge in [0, 0.05) is 98.3 Å². The molecule has 13 nitrogen and oxygen atoms in total. The molecule has 0 aromatic heterocycles. The van der Waals surface area contributed by atoms with Crippen molar-refractivity contribution in [1.29, 1.82) is 0 Å². The summed E-state index contributed by atoms with van der Waals surface area (Å²) in [5.74, 6) is 0. The predicted octanol–water partition coefficient (Wildman–Crippen LogP) is 4.45. The van der Waals surface area contributed by atoms with Crippen molar-refractivity contribution in [2.45, 2.75) is 56.4 Å². The Kier molecular flexibility index (Phi) is 39.9. The molecule has 67 heavy (non-hydrogen) atoms. The Morgan fingerprint density at radius 1 is 0.313 bits per heavy atom. The number of nitrogens with zero attached hydrogens (tertiary/aromatic N) is 2. The molecule has 0 unspecified atom stereocenters. The Bertz CT molecular complexity index is 1620. The maximum Gasteiger partial charge on any atom is 0.0916 e. The first kappa shape index (κ1) is 67.8. The Morgan fingerprint density at radius 2 is 0.463 bits per heavy atom. The van der Waals surface area contributed by atoms with Crippen LogP contribution in [0.4, 0.5) is 0 Å². The van der Waals surface area contributed by atoms with E-state index in [1.54, 1.807) is 0 Å². The van der Waals surface area contributed by atoms with Gasteiger partial charge < -0.3 is 57.7 Å². The van der Waals surface area contributed by atoms with Crippen molar-refractivity contribution in [1.82, 2.24) is 9.80 Å². The maximum atomic E-state index is 10.7. The van der Waals surface area contributed by atoms with E-state index in [0.717, 1.165) is 46.2 Å². The summed E-state index contributed by atoms with van der Waals surface area (Å²) in [7, 11) is 0. The van der Waals surface area contributed by atoms with Crippen LogP contribution in [0.1, 0.15) is 89.8 Å². The summed E-state index contributed by atoms with van der Waals surface area (Å²) in [5.41, 5.74) is 4.89. The Morgan fingerprint density at radius 3 is 0.567 bits per heavy atom. The molecule has 0 aliphatic carbocycles. The first-order chi connectivity index (χ1) is 29.7. The van der Waals surface area contributed by atoms with Crippen LogP contribution in [-0.4, -0.2) is 113 Å². The van der Waals surface area contributed by atoms with Gasteiger partial charge in [0.05, 0.1) is 36.6 Å². The Labute approximate surface area is 434 Å². The quantitative estimate of drug-likeness (QED) is 0.0568. The van der Waals surface area contributed by atoms with Gasteiger partial charge in [-0.25, -0.2) is 0 Å². The van der Waals surface area contributed by atoms with Crippen LogP contribution in [0.2, 0.25) is 0 Å². The second-order valence-corrected chi connectivity index (χ2v) is 15.1. The van der Waals surface area contributed by atoms with E-state index < -0.39 is 36.6 Å². The van der Waals surface area contributed by atoms with Gasteiger partial charge in [0.1, 0.15) is 0 Å². The van der Waals surface area contributed by atoms with Crippen LogP contribution in [0.3, 0.4) is 0 Å². The summed E-state index contributed by atoms with van der Waals surface area (Å²) < 4.78 is 0. The third-order valence-electron chi connectivity index (χ3n) is 10.2. The molecule has 15 N–H and O–H groups in total. The third kappa shape index (κ3) is 25.7. The molecule has 364 valence electrons. The SMILES string of the molecule is CCCCO.O.O.O.O.O[C@@H](CN(C[C@H](O)c1ccccc1)C[C@H](O)c1ccccc1)c1ccccc1.O[C@@H](CN(C[C@H](O)c1ccccc1)C[C@H](O)c1ccccc1)c1ccccc1.[Zr].[Zr]. The van der Waals surface area contributed by atoms with Gasteiger partial charge in [0.25, 0.3) is 0 Å². The van der Waals surface area contributed by atoms with Crippen LogP contribution in [-0.2, 0) is 52.4 Å². The van der Waals surface area contributed by atoms with Gasteiger partial charge in [0.15, 0.2) is 0 Å². The molecule has 0 heterocycles. The maximum absolute atomic E-state index is 10.7. The number of hydrogen-bond acceptors (Lipinski definition) is 9. The monoisotopic (exact) mass is 1080 g/mol. The van der Waals surface area contributed by atoms with E-state index in [1.165, 1.54) is 0 Å². The van der Waals surface area contributed by atoms with Crippen LogP contribution in [0, 0.1) is 0 Å². The molecule has 0 fully saturated rings. The smallest absolute Gasteiger partial charge is 0.0916 e. The van der Waals surface area contributed by atoms with Gasteiger partial charge in [-0.15, -0.1) is 0 Å². The molecule has 6 rings (SSSR count). The van der Waals surface area contributed by atoms with Gasteiger partial charge in [-0.1, -0.05) is 195 Å². The minimum Gasteiger partial charge on any atom is -0.412 e. The standard InChI is InChI=1S/2C24H27NO3.C4H10O.4H2O.2Zr/c2*26-22(19-10-4-1-5-11-19)16-25(17-23(27)20-12-6-2-7-13-20)18-24(28)21-14-8-3-9-15-21;1-2-3-4-5;;;;;;/h2*1-15,22-24,26-28H,16-18H2;5H,2-4H2,1H3;4*1H2;;/t2*22-,23-,24-;;;;;;;/m00......./s1. The van der Waals surface area contributed by atoms with Crippen LogP contribution in [0.25, 0.3) is 0 Å². The van der Waals surface area contributed by atoms with Crippen molar-refractivity contribution in [2.24, 2.45) is 0 Å². The summed E-state index contributed by atoms with van der Waals surface area (Å²) >= 11 is 0. The van der Waals surface area contributed by atoms with Gasteiger partial charge in [-0.2, -0.15) is 0 Å². The molecule has 0 amide bonds. The zero-order valence-electron chi connectivity index (χ0n) is 38.2. The third-order valence-corrected chi connectivity index (χ3v) is 10.2. The van der Waals surface area contributed by atoms with Crippen molar-refractivity contribution >= 4 is 0 Å². The molecule has 0 aliphatic heterocycles. The first-order valence-corrected chi connectivity index (χ1v) is 21.1. The molecule has 0 aliphatic rings. The summed E-state index contributed by atoms with van der Waals surface area (Å²) in [6.07, 6.45) is -2.17. The van der Waals surface area contributed by atoms with Crippen LogP contribution >= 0.6 is 0 Å². The molecule has 0 bridgehead atoms. The molecule has 0 saturated carbocycles. The summed E-state index contributed by atoms with van der Waals surface area (Å²) in [6.45, 7) is 4.30. The minimum atomic E-state index is -0.702. The molecule has 0 spiro atoms. The van der Waals surface area contributed by atoms with Gasteiger partial charge in [0.2, 0.25) is 0 Å². The zero-order chi connectivity index (χ0) is 43.7. The topological polar surface area (TPSA) is 274 Å². The van der Waals surface area contributed by atoms with E-state index >= 15 is 0 Å². The van der Waals surface area contributed by atoms with E-state index in [9.17, 15) is 30.6 Å². The van der Waals surface area contributed by atoms with Gasteiger partial charge >= 0.3 is 0 Å². The van der Waals surface area contributed by atoms with E-state index in [1.807, 2.05) is 192 Å². The first-order valence-electron chi connectivity index (χ1n) is 21.1. The summed E-state index contributed by atoms with van der Waals surface area (Å²) in [5, 5.41) is 72.0. The largest absolute Gasteiger partial charge is 0.412 e. The van der Waals surface area contributed by atoms with Crippen LogP contribution < -0.4 is 0 Å². The average Bonchev–Trinajstić information content (AvgIpc) is 3.31. The summed E-state index contributed by atoms with van der Waals surface area (Å²) in [4.78, 5) is 3.82. The number of benzene rings is 6. The second kappa shape index (κ2) is 39.4. The molecular formula is C52H72N2O11Zr2. The molecule has 0 saturated heterocycles. The predicted molar refractivity (Wildman–Crippen MR) is 258 cm³/mol.